The van der Waals surface area contributed by atoms with Gasteiger partial charge < -0.3 is 10.0 Å². The molecule has 4 nitrogen and oxygen atoms in total. The fourth-order valence-electron chi connectivity index (χ4n) is 2.17. The first kappa shape index (κ1) is 14.0. The number of hydrogen-bond donors (Lipinski definition) is 1. The van der Waals surface area contributed by atoms with Crippen molar-refractivity contribution >= 4 is 27.8 Å². The van der Waals surface area contributed by atoms with Crippen molar-refractivity contribution in [2.24, 2.45) is 5.41 Å². The third kappa shape index (κ3) is 2.78. The molecule has 1 heterocycles. The van der Waals surface area contributed by atoms with E-state index in [4.69, 9.17) is 5.11 Å². The Labute approximate surface area is 118 Å². The molecule has 1 N–H and O–H groups in total. The first-order valence-corrected chi connectivity index (χ1v) is 6.60. The maximum Gasteiger partial charge on any atom is 0.311 e. The second-order valence-electron chi connectivity index (χ2n) is 5.00. The average molecular weight is 330 g/mol. The monoisotopic (exact) mass is 329 g/mol. The van der Waals surface area contributed by atoms with Gasteiger partial charge in [0, 0.05) is 23.1 Å². The van der Waals surface area contributed by atoms with Gasteiger partial charge >= 0.3 is 5.97 Å². The van der Waals surface area contributed by atoms with Crippen LogP contribution in [0.3, 0.4) is 0 Å². The Morgan fingerprint density at radius 3 is 2.63 bits per heavy atom. The molecular formula is C13H13BrFNO3. The second kappa shape index (κ2) is 4.92. The third-order valence-corrected chi connectivity index (χ3v) is 3.84. The van der Waals surface area contributed by atoms with Crippen LogP contribution in [0.4, 0.5) is 4.39 Å². The molecule has 0 saturated carbocycles. The van der Waals surface area contributed by atoms with Crippen LogP contribution in [0.15, 0.2) is 22.7 Å². The smallest absolute Gasteiger partial charge is 0.311 e. The molecule has 1 atom stereocenters. The lowest BCUT2D eigenvalue weighted by Gasteiger charge is -2.20. The molecule has 0 aliphatic carbocycles. The van der Waals surface area contributed by atoms with E-state index in [2.05, 4.69) is 15.9 Å². The zero-order chi connectivity index (χ0) is 14.2. The standard InChI is InChI=1S/C13H13BrFNO3/c1-13(12(18)19)2-3-16(7-13)11(17)8-4-9(14)6-10(15)5-8/h4-6H,2-3,7H2,1H3,(H,18,19)/t13-/m1/s1. The fraction of sp³-hybridized carbons (Fsp3) is 0.385. The van der Waals surface area contributed by atoms with Gasteiger partial charge in [-0.3, -0.25) is 9.59 Å². The van der Waals surface area contributed by atoms with Crippen molar-refractivity contribution in [3.05, 3.63) is 34.1 Å². The summed E-state index contributed by atoms with van der Waals surface area (Å²) >= 11 is 3.13. The van der Waals surface area contributed by atoms with E-state index in [0.29, 0.717) is 17.4 Å². The number of carbonyl (C=O) groups is 2. The first-order valence-electron chi connectivity index (χ1n) is 5.81. The van der Waals surface area contributed by atoms with Gasteiger partial charge in [-0.2, -0.15) is 0 Å². The zero-order valence-electron chi connectivity index (χ0n) is 10.3. The lowest BCUT2D eigenvalue weighted by Crippen LogP contribution is -2.34. The molecule has 1 aromatic carbocycles. The Morgan fingerprint density at radius 1 is 1.42 bits per heavy atom. The zero-order valence-corrected chi connectivity index (χ0v) is 11.9. The van der Waals surface area contributed by atoms with Crippen molar-refractivity contribution in [2.75, 3.05) is 13.1 Å². The number of rotatable bonds is 2. The van der Waals surface area contributed by atoms with Crippen LogP contribution in [0.25, 0.3) is 0 Å². The summed E-state index contributed by atoms with van der Waals surface area (Å²) in [7, 11) is 0. The predicted molar refractivity (Wildman–Crippen MR) is 70.4 cm³/mol. The molecule has 1 aliphatic heterocycles. The summed E-state index contributed by atoms with van der Waals surface area (Å²) in [6.45, 7) is 2.13. The third-order valence-electron chi connectivity index (χ3n) is 3.39. The summed E-state index contributed by atoms with van der Waals surface area (Å²) in [6, 6.07) is 3.95. The molecule has 1 amide bonds. The molecule has 6 heteroatoms. The Hall–Kier alpha value is -1.43. The number of nitrogens with zero attached hydrogens (tertiary/aromatic N) is 1. The van der Waals surface area contributed by atoms with E-state index in [0.717, 1.165) is 6.07 Å². The highest BCUT2D eigenvalue weighted by Crippen LogP contribution is 2.31. The van der Waals surface area contributed by atoms with Crippen molar-refractivity contribution < 1.29 is 19.1 Å². The van der Waals surface area contributed by atoms with Crippen molar-refractivity contribution in [2.45, 2.75) is 13.3 Å². The summed E-state index contributed by atoms with van der Waals surface area (Å²) in [5.74, 6) is -1.76. The van der Waals surface area contributed by atoms with Crippen LogP contribution in [0.5, 0.6) is 0 Å². The summed E-state index contributed by atoms with van der Waals surface area (Å²) in [5, 5.41) is 9.13. The average Bonchev–Trinajstić information content (AvgIpc) is 2.71. The molecule has 1 fully saturated rings. The SMILES string of the molecule is C[C@@]1(C(=O)O)CCN(C(=O)c2cc(F)cc(Br)c2)C1. The minimum absolute atomic E-state index is 0.148. The summed E-state index contributed by atoms with van der Waals surface area (Å²) in [5.41, 5.74) is -0.693. The number of halogens is 2. The van der Waals surface area contributed by atoms with E-state index in [9.17, 15) is 14.0 Å². The van der Waals surface area contributed by atoms with E-state index in [-0.39, 0.29) is 18.0 Å². The number of carbonyl (C=O) groups excluding carboxylic acids is 1. The number of benzene rings is 1. The molecule has 0 spiro atoms. The van der Waals surface area contributed by atoms with E-state index >= 15 is 0 Å². The van der Waals surface area contributed by atoms with Gasteiger partial charge in [0.1, 0.15) is 5.82 Å². The summed E-state index contributed by atoms with van der Waals surface area (Å²) in [6.07, 6.45) is 0.407. The number of carboxylic acid groups (broad SMARTS) is 1. The van der Waals surface area contributed by atoms with Gasteiger partial charge in [0.05, 0.1) is 5.41 Å². The van der Waals surface area contributed by atoms with Crippen LogP contribution in [-0.4, -0.2) is 35.0 Å². The van der Waals surface area contributed by atoms with Crippen LogP contribution in [0.2, 0.25) is 0 Å². The Bertz CT molecular complexity index is 528. The molecule has 0 bridgehead atoms. The summed E-state index contributed by atoms with van der Waals surface area (Å²) < 4.78 is 13.7. The van der Waals surface area contributed by atoms with E-state index in [1.54, 1.807) is 6.92 Å². The molecule has 0 radical (unpaired) electrons. The molecule has 1 aromatic rings. The van der Waals surface area contributed by atoms with Crippen LogP contribution in [0, 0.1) is 11.2 Å². The number of carboxylic acids is 1. The largest absolute Gasteiger partial charge is 0.481 e. The Kier molecular flexibility index (Phi) is 3.62. The van der Waals surface area contributed by atoms with Crippen LogP contribution in [-0.2, 0) is 4.79 Å². The Balaban J connectivity index is 2.20. The normalized spacial score (nSPS) is 22.6. The highest BCUT2D eigenvalue weighted by molar-refractivity contribution is 9.10. The lowest BCUT2D eigenvalue weighted by atomic mass is 9.90. The molecule has 19 heavy (non-hydrogen) atoms. The quantitative estimate of drug-likeness (QED) is 0.907. The molecule has 1 aliphatic rings. The highest BCUT2D eigenvalue weighted by Gasteiger charge is 2.42. The predicted octanol–water partition coefficient (Wildman–Crippen LogP) is 2.53. The number of amides is 1. The van der Waals surface area contributed by atoms with Crippen molar-refractivity contribution in [1.29, 1.82) is 0 Å². The van der Waals surface area contributed by atoms with Crippen molar-refractivity contribution in [1.82, 2.24) is 4.90 Å². The topological polar surface area (TPSA) is 57.6 Å². The molecular weight excluding hydrogens is 317 g/mol. The molecule has 0 aromatic heterocycles. The van der Waals surface area contributed by atoms with E-state index in [1.165, 1.54) is 17.0 Å². The van der Waals surface area contributed by atoms with Gasteiger partial charge in [-0.25, -0.2) is 4.39 Å². The minimum atomic E-state index is -0.916. The van der Waals surface area contributed by atoms with Gasteiger partial charge in [0.15, 0.2) is 0 Å². The van der Waals surface area contributed by atoms with E-state index < -0.39 is 17.2 Å². The van der Waals surface area contributed by atoms with E-state index in [1.807, 2.05) is 0 Å². The maximum absolute atomic E-state index is 13.3. The fourth-order valence-corrected chi connectivity index (χ4v) is 2.63. The second-order valence-corrected chi connectivity index (χ2v) is 5.92. The molecule has 1 saturated heterocycles. The van der Waals surface area contributed by atoms with Crippen LogP contribution in [0.1, 0.15) is 23.7 Å². The summed E-state index contributed by atoms with van der Waals surface area (Å²) in [4.78, 5) is 24.8. The van der Waals surface area contributed by atoms with Gasteiger partial charge in [-0.1, -0.05) is 15.9 Å². The number of likely N-dealkylation sites (tertiary alicyclic amines) is 1. The first-order chi connectivity index (χ1) is 8.82. The lowest BCUT2D eigenvalue weighted by molar-refractivity contribution is -0.147. The van der Waals surface area contributed by atoms with Crippen molar-refractivity contribution in [3.8, 4) is 0 Å². The number of hydrogen-bond acceptors (Lipinski definition) is 2. The minimum Gasteiger partial charge on any atom is -0.481 e. The highest BCUT2D eigenvalue weighted by atomic mass is 79.9. The van der Waals surface area contributed by atoms with Gasteiger partial charge in [-0.05, 0) is 31.5 Å². The van der Waals surface area contributed by atoms with Crippen molar-refractivity contribution in [3.63, 3.8) is 0 Å². The van der Waals surface area contributed by atoms with Crippen LogP contribution >= 0.6 is 15.9 Å². The Morgan fingerprint density at radius 2 is 2.11 bits per heavy atom. The van der Waals surface area contributed by atoms with Gasteiger partial charge in [0.2, 0.25) is 0 Å². The van der Waals surface area contributed by atoms with Crippen LogP contribution < -0.4 is 0 Å². The molecule has 0 unspecified atom stereocenters. The molecule has 2 rings (SSSR count). The van der Waals surface area contributed by atoms with Gasteiger partial charge in [0.25, 0.3) is 5.91 Å². The maximum atomic E-state index is 13.3. The number of aliphatic carboxylic acids is 1. The molecule has 102 valence electrons. The van der Waals surface area contributed by atoms with Gasteiger partial charge in [-0.15, -0.1) is 0 Å².